The molecular weight excluding hydrogens is 516 g/mol. The Kier molecular flexibility index (Phi) is 7.98. The molecule has 7 nitrogen and oxygen atoms in total. The van der Waals surface area contributed by atoms with Gasteiger partial charge in [-0.15, -0.1) is 11.3 Å². The van der Waals surface area contributed by atoms with Crippen molar-refractivity contribution in [2.75, 3.05) is 44.2 Å². The van der Waals surface area contributed by atoms with Gasteiger partial charge in [-0.1, -0.05) is 18.9 Å². The van der Waals surface area contributed by atoms with Crippen molar-refractivity contribution in [2.45, 2.75) is 57.9 Å². The van der Waals surface area contributed by atoms with Crippen molar-refractivity contribution in [1.82, 2.24) is 14.7 Å². The molecular formula is C29H36N4O3S2. The molecule has 0 unspecified atom stereocenters. The first-order valence-corrected chi connectivity index (χ1v) is 14.9. The number of carbonyl (C=O) groups excluding carboxylic acids is 3. The monoisotopic (exact) mass is 552 g/mol. The highest BCUT2D eigenvalue weighted by Gasteiger charge is 2.49. The standard InChI is InChI=1S/C29H36N4O3S2/c1-29(2)27(36)33(22-10-11-23-21(20-22)9-12-24(23)34)28(37)32(29)14-6-4-3-5-13-30-15-17-31(18-16-30)26(35)25-8-7-19-38-25/h7-8,10-11,19-20H,3-6,9,12-18H2,1-2H3. The molecule has 9 heteroatoms. The third kappa shape index (κ3) is 5.28. The zero-order valence-corrected chi connectivity index (χ0v) is 23.9. The quantitative estimate of drug-likeness (QED) is 0.335. The molecule has 1 aromatic heterocycles. The van der Waals surface area contributed by atoms with Gasteiger partial charge in [0.05, 0.1) is 10.6 Å². The van der Waals surface area contributed by atoms with Gasteiger partial charge >= 0.3 is 0 Å². The summed E-state index contributed by atoms with van der Waals surface area (Å²) in [7, 11) is 0. The normalized spacial score (nSPS) is 19.5. The summed E-state index contributed by atoms with van der Waals surface area (Å²) in [5, 5.41) is 2.51. The van der Waals surface area contributed by atoms with Gasteiger partial charge < -0.3 is 9.80 Å². The lowest BCUT2D eigenvalue weighted by molar-refractivity contribution is -0.123. The molecule has 0 bridgehead atoms. The van der Waals surface area contributed by atoms with Gasteiger partial charge in [-0.3, -0.25) is 24.2 Å². The summed E-state index contributed by atoms with van der Waals surface area (Å²) in [5.74, 6) is 0.324. The molecule has 0 spiro atoms. The predicted octanol–water partition coefficient (Wildman–Crippen LogP) is 4.61. The van der Waals surface area contributed by atoms with Crippen LogP contribution < -0.4 is 4.90 Å². The van der Waals surface area contributed by atoms with Crippen LogP contribution in [-0.4, -0.2) is 82.2 Å². The first-order chi connectivity index (χ1) is 18.3. The molecule has 1 aromatic carbocycles. The zero-order valence-electron chi connectivity index (χ0n) is 22.3. The van der Waals surface area contributed by atoms with E-state index in [2.05, 4.69) is 9.80 Å². The number of anilines is 1. The van der Waals surface area contributed by atoms with E-state index in [9.17, 15) is 14.4 Å². The number of piperazine rings is 1. The fourth-order valence-corrected chi connectivity index (χ4v) is 6.91. The summed E-state index contributed by atoms with van der Waals surface area (Å²) in [4.78, 5) is 46.9. The first-order valence-electron chi connectivity index (χ1n) is 13.6. The van der Waals surface area contributed by atoms with Crippen molar-refractivity contribution in [3.8, 4) is 0 Å². The number of benzene rings is 1. The van der Waals surface area contributed by atoms with Crippen molar-refractivity contribution in [1.29, 1.82) is 0 Å². The number of thiocarbonyl (C=S) groups is 1. The molecule has 2 amide bonds. The van der Waals surface area contributed by atoms with Gasteiger partial charge in [-0.25, -0.2) is 0 Å². The number of thiophene rings is 1. The summed E-state index contributed by atoms with van der Waals surface area (Å²) in [6.07, 6.45) is 5.60. The number of ketones is 1. The number of carbonyl (C=O) groups is 3. The van der Waals surface area contributed by atoms with Crippen LogP contribution in [0.15, 0.2) is 35.7 Å². The Morgan fingerprint density at radius 1 is 0.974 bits per heavy atom. The van der Waals surface area contributed by atoms with E-state index in [1.807, 2.05) is 54.5 Å². The Hall–Kier alpha value is -2.62. The SMILES string of the molecule is CC1(C)C(=O)N(c2ccc3c(c2)CCC3=O)C(=S)N1CCCCCCN1CCN(C(=O)c2cccs2)CC1. The minimum absolute atomic E-state index is 0.0107. The van der Waals surface area contributed by atoms with Gasteiger partial charge in [-0.05, 0) is 87.1 Å². The van der Waals surface area contributed by atoms with Gasteiger partial charge in [-0.2, -0.15) is 0 Å². The second-order valence-corrected chi connectivity index (χ2v) is 12.2. The Morgan fingerprint density at radius 3 is 2.42 bits per heavy atom. The maximum Gasteiger partial charge on any atom is 0.264 e. The lowest BCUT2D eigenvalue weighted by atomic mass is 10.0. The highest BCUT2D eigenvalue weighted by atomic mass is 32.1. The number of rotatable bonds is 9. The molecule has 0 N–H and O–H groups in total. The van der Waals surface area contributed by atoms with Gasteiger partial charge in [0.15, 0.2) is 10.9 Å². The van der Waals surface area contributed by atoms with E-state index < -0.39 is 5.54 Å². The molecule has 2 aromatic rings. The van der Waals surface area contributed by atoms with Crippen LogP contribution in [0, 0.1) is 0 Å². The van der Waals surface area contributed by atoms with Crippen LogP contribution in [0.3, 0.4) is 0 Å². The van der Waals surface area contributed by atoms with Crippen LogP contribution >= 0.6 is 23.6 Å². The topological polar surface area (TPSA) is 64.2 Å². The fraction of sp³-hybridized carbons (Fsp3) is 0.517. The van der Waals surface area contributed by atoms with E-state index in [-0.39, 0.29) is 17.6 Å². The molecule has 0 radical (unpaired) electrons. The molecule has 38 heavy (non-hydrogen) atoms. The largest absolute Gasteiger partial charge is 0.335 e. The lowest BCUT2D eigenvalue weighted by Gasteiger charge is -2.34. The lowest BCUT2D eigenvalue weighted by Crippen LogP contribution is -2.48. The van der Waals surface area contributed by atoms with Gasteiger partial charge in [0.2, 0.25) is 0 Å². The molecule has 2 fully saturated rings. The highest BCUT2D eigenvalue weighted by molar-refractivity contribution is 7.80. The van der Waals surface area contributed by atoms with Crippen LogP contribution in [0.5, 0.6) is 0 Å². The van der Waals surface area contributed by atoms with Gasteiger partial charge in [0.25, 0.3) is 11.8 Å². The summed E-state index contributed by atoms with van der Waals surface area (Å²) in [5.41, 5.74) is 1.86. The van der Waals surface area contributed by atoms with E-state index in [0.29, 0.717) is 11.5 Å². The van der Waals surface area contributed by atoms with Crippen LogP contribution in [0.25, 0.3) is 0 Å². The summed E-state index contributed by atoms with van der Waals surface area (Å²) < 4.78 is 0. The number of hydrogen-bond donors (Lipinski definition) is 0. The molecule has 2 aliphatic heterocycles. The fourth-order valence-electron chi connectivity index (χ4n) is 5.71. The van der Waals surface area contributed by atoms with Crippen molar-refractivity contribution in [2.24, 2.45) is 0 Å². The molecule has 1 aliphatic carbocycles. The maximum absolute atomic E-state index is 13.4. The van der Waals surface area contributed by atoms with Crippen LogP contribution in [0.1, 0.15) is 71.5 Å². The third-order valence-electron chi connectivity index (χ3n) is 8.09. The number of unbranched alkanes of at least 4 members (excludes halogenated alkanes) is 3. The Labute approximate surface area is 234 Å². The minimum Gasteiger partial charge on any atom is -0.335 e. The van der Waals surface area contributed by atoms with Crippen molar-refractivity contribution in [3.63, 3.8) is 0 Å². The molecule has 5 rings (SSSR count). The van der Waals surface area contributed by atoms with Gasteiger partial charge in [0.1, 0.15) is 5.54 Å². The number of amides is 2. The van der Waals surface area contributed by atoms with Crippen molar-refractivity contribution < 1.29 is 14.4 Å². The smallest absolute Gasteiger partial charge is 0.264 e. The van der Waals surface area contributed by atoms with Crippen LogP contribution in [-0.2, 0) is 11.2 Å². The number of aryl methyl sites for hydroxylation is 1. The number of Topliss-reactive ketones (excluding diaryl/α,β-unsaturated/α-hetero) is 1. The van der Waals surface area contributed by atoms with E-state index >= 15 is 0 Å². The number of fused-ring (bicyclic) bond motifs is 1. The molecule has 3 aliphatic rings. The summed E-state index contributed by atoms with van der Waals surface area (Å²) in [6, 6.07) is 9.48. The highest BCUT2D eigenvalue weighted by Crippen LogP contribution is 2.35. The second-order valence-electron chi connectivity index (χ2n) is 10.9. The molecule has 2 saturated heterocycles. The Balaban J connectivity index is 1.05. The number of hydrogen-bond acceptors (Lipinski definition) is 6. The minimum atomic E-state index is -0.688. The maximum atomic E-state index is 13.4. The molecule has 3 heterocycles. The summed E-state index contributed by atoms with van der Waals surface area (Å²) >= 11 is 7.30. The summed E-state index contributed by atoms with van der Waals surface area (Å²) in [6.45, 7) is 9.16. The average molecular weight is 553 g/mol. The molecule has 202 valence electrons. The second kappa shape index (κ2) is 11.2. The van der Waals surface area contributed by atoms with Crippen molar-refractivity contribution >= 4 is 52.0 Å². The van der Waals surface area contributed by atoms with Crippen LogP contribution in [0.4, 0.5) is 5.69 Å². The Morgan fingerprint density at radius 2 is 1.71 bits per heavy atom. The van der Waals surface area contributed by atoms with E-state index in [1.54, 1.807) is 4.90 Å². The molecule has 0 atom stereocenters. The average Bonchev–Trinajstić information content (AvgIpc) is 3.61. The third-order valence-corrected chi connectivity index (χ3v) is 9.35. The zero-order chi connectivity index (χ0) is 26.9. The van der Waals surface area contributed by atoms with Crippen molar-refractivity contribution in [3.05, 3.63) is 51.7 Å². The molecule has 0 saturated carbocycles. The van der Waals surface area contributed by atoms with E-state index in [4.69, 9.17) is 12.2 Å². The van der Waals surface area contributed by atoms with E-state index in [1.165, 1.54) is 11.3 Å². The first kappa shape index (κ1) is 27.0. The van der Waals surface area contributed by atoms with Crippen LogP contribution in [0.2, 0.25) is 0 Å². The Bertz CT molecular complexity index is 1220. The van der Waals surface area contributed by atoms with E-state index in [0.717, 1.165) is 93.1 Å². The number of nitrogens with zero attached hydrogens (tertiary/aromatic N) is 4. The van der Waals surface area contributed by atoms with Gasteiger partial charge in [0, 0.05) is 44.7 Å². The predicted molar refractivity (Wildman–Crippen MR) is 155 cm³/mol.